The van der Waals surface area contributed by atoms with E-state index in [1.54, 1.807) is 6.20 Å². The molecule has 4 nitrogen and oxygen atoms in total. The molecule has 0 bridgehead atoms. The molecule has 1 aromatic rings. The van der Waals surface area contributed by atoms with Gasteiger partial charge in [0, 0.05) is 19.3 Å². The summed E-state index contributed by atoms with van der Waals surface area (Å²) in [5.41, 5.74) is 2.02. The maximum atomic E-state index is 9.15. The highest BCUT2D eigenvalue weighted by Crippen LogP contribution is 2.18. The third kappa shape index (κ3) is 4.76. The molecule has 1 aromatic heterocycles. The monoisotopic (exact) mass is 279 g/mol. The van der Waals surface area contributed by atoms with Crippen LogP contribution in [0.25, 0.3) is 0 Å². The second-order valence-electron chi connectivity index (χ2n) is 5.10. The summed E-state index contributed by atoms with van der Waals surface area (Å²) in [6.45, 7) is 14.1. The van der Waals surface area contributed by atoms with Crippen LogP contribution >= 0.6 is 0 Å². The molecule has 0 radical (unpaired) electrons. The minimum atomic E-state index is 0.0577. The van der Waals surface area contributed by atoms with E-state index in [2.05, 4.69) is 42.5 Å². The number of hydrogen-bond donors (Lipinski definition) is 1. The van der Waals surface area contributed by atoms with Crippen LogP contribution in [0.5, 0.6) is 0 Å². The first-order valence-corrected chi connectivity index (χ1v) is 7.69. The fourth-order valence-electron chi connectivity index (χ4n) is 2.48. The van der Waals surface area contributed by atoms with Crippen LogP contribution in [0.4, 0.5) is 5.82 Å². The van der Waals surface area contributed by atoms with Crippen molar-refractivity contribution in [1.82, 2.24) is 9.88 Å². The van der Waals surface area contributed by atoms with Crippen LogP contribution in [0.2, 0.25) is 0 Å². The van der Waals surface area contributed by atoms with Gasteiger partial charge in [-0.15, -0.1) is 0 Å². The number of pyridine rings is 1. The molecule has 0 aliphatic rings. The van der Waals surface area contributed by atoms with E-state index >= 15 is 0 Å². The van der Waals surface area contributed by atoms with Crippen molar-refractivity contribution < 1.29 is 5.11 Å². The van der Waals surface area contributed by atoms with Gasteiger partial charge in [0.2, 0.25) is 0 Å². The van der Waals surface area contributed by atoms with Gasteiger partial charge < -0.3 is 14.9 Å². The topological polar surface area (TPSA) is 39.6 Å². The molecule has 0 unspecified atom stereocenters. The summed E-state index contributed by atoms with van der Waals surface area (Å²) in [5.74, 6) is 1.05. The molecule has 0 fully saturated rings. The van der Waals surface area contributed by atoms with Crippen molar-refractivity contribution in [3.63, 3.8) is 0 Å². The van der Waals surface area contributed by atoms with E-state index in [1.165, 1.54) is 0 Å². The average Bonchev–Trinajstić information content (AvgIpc) is 2.48. The summed E-state index contributed by atoms with van der Waals surface area (Å²) in [5, 5.41) is 9.15. The lowest BCUT2D eigenvalue weighted by atomic mass is 10.2. The number of hydrogen-bond acceptors (Lipinski definition) is 4. The van der Waals surface area contributed by atoms with Crippen molar-refractivity contribution >= 4 is 5.82 Å². The van der Waals surface area contributed by atoms with Crippen LogP contribution in [-0.4, -0.2) is 47.7 Å². The largest absolute Gasteiger partial charge is 0.392 e. The van der Waals surface area contributed by atoms with Gasteiger partial charge in [-0.3, -0.25) is 0 Å². The Morgan fingerprint density at radius 1 is 1.10 bits per heavy atom. The lowest BCUT2D eigenvalue weighted by Gasteiger charge is -2.25. The highest BCUT2D eigenvalue weighted by Gasteiger charge is 2.10. The van der Waals surface area contributed by atoms with Gasteiger partial charge in [0.05, 0.1) is 6.61 Å². The summed E-state index contributed by atoms with van der Waals surface area (Å²) >= 11 is 0. The predicted octanol–water partition coefficient (Wildman–Crippen LogP) is 2.44. The van der Waals surface area contributed by atoms with Gasteiger partial charge in [-0.1, -0.05) is 13.8 Å². The number of anilines is 1. The smallest absolute Gasteiger partial charge is 0.131 e. The minimum absolute atomic E-state index is 0.0577. The molecule has 114 valence electrons. The van der Waals surface area contributed by atoms with E-state index in [9.17, 15) is 0 Å². The lowest BCUT2D eigenvalue weighted by Crippen LogP contribution is -2.30. The maximum Gasteiger partial charge on any atom is 0.131 e. The Morgan fingerprint density at radius 2 is 1.80 bits per heavy atom. The summed E-state index contributed by atoms with van der Waals surface area (Å²) in [6, 6.07) is 2.02. The number of rotatable bonds is 9. The first-order chi connectivity index (χ1) is 9.65. The molecule has 0 aliphatic carbocycles. The molecule has 0 amide bonds. The third-order valence-corrected chi connectivity index (χ3v) is 3.77. The zero-order valence-electron chi connectivity index (χ0n) is 13.4. The lowest BCUT2D eigenvalue weighted by molar-refractivity contribution is 0.281. The van der Waals surface area contributed by atoms with Gasteiger partial charge in [-0.25, -0.2) is 4.98 Å². The Labute approximate surface area is 123 Å². The molecule has 0 atom stereocenters. The van der Waals surface area contributed by atoms with Crippen LogP contribution in [0.3, 0.4) is 0 Å². The van der Waals surface area contributed by atoms with Crippen molar-refractivity contribution in [2.75, 3.05) is 37.6 Å². The van der Waals surface area contributed by atoms with Crippen molar-refractivity contribution in [2.24, 2.45) is 0 Å². The van der Waals surface area contributed by atoms with Crippen LogP contribution in [-0.2, 0) is 6.61 Å². The standard InChI is InChI=1S/C16H29N3O/c1-5-18(6-2)9-8-10-19(7-3)16-14(4)11-15(13-20)12-17-16/h11-12,20H,5-10,13H2,1-4H3. The molecule has 4 heteroatoms. The molecule has 0 spiro atoms. The molecule has 20 heavy (non-hydrogen) atoms. The zero-order chi connectivity index (χ0) is 15.0. The Bertz CT molecular complexity index is 391. The van der Waals surface area contributed by atoms with Crippen molar-refractivity contribution in [2.45, 2.75) is 40.7 Å². The van der Waals surface area contributed by atoms with E-state index in [0.29, 0.717) is 0 Å². The van der Waals surface area contributed by atoms with Crippen molar-refractivity contribution in [3.8, 4) is 0 Å². The Balaban J connectivity index is 2.62. The second kappa shape index (κ2) is 8.93. The average molecular weight is 279 g/mol. The molecule has 1 heterocycles. The summed E-state index contributed by atoms with van der Waals surface area (Å²) < 4.78 is 0. The van der Waals surface area contributed by atoms with E-state index in [0.717, 1.165) is 56.1 Å². The third-order valence-electron chi connectivity index (χ3n) is 3.77. The number of aryl methyl sites for hydroxylation is 1. The normalized spacial score (nSPS) is 11.1. The Kier molecular flexibility index (Phi) is 7.55. The number of aromatic nitrogens is 1. The van der Waals surface area contributed by atoms with E-state index in [4.69, 9.17) is 5.11 Å². The fourth-order valence-corrected chi connectivity index (χ4v) is 2.48. The van der Waals surface area contributed by atoms with Crippen molar-refractivity contribution in [3.05, 3.63) is 23.4 Å². The summed E-state index contributed by atoms with van der Waals surface area (Å²) in [4.78, 5) is 9.28. The molecule has 0 saturated heterocycles. The van der Waals surface area contributed by atoms with E-state index in [-0.39, 0.29) is 6.61 Å². The summed E-state index contributed by atoms with van der Waals surface area (Å²) in [6.07, 6.45) is 2.92. The van der Waals surface area contributed by atoms with Crippen LogP contribution in [0.15, 0.2) is 12.3 Å². The Hall–Kier alpha value is -1.13. The fraction of sp³-hybridized carbons (Fsp3) is 0.688. The number of nitrogens with zero attached hydrogens (tertiary/aromatic N) is 3. The van der Waals surface area contributed by atoms with Gasteiger partial charge in [-0.2, -0.15) is 0 Å². The highest BCUT2D eigenvalue weighted by atomic mass is 16.3. The molecule has 1 rings (SSSR count). The van der Waals surface area contributed by atoms with Crippen LogP contribution < -0.4 is 4.90 Å². The molecule has 0 aromatic carbocycles. The minimum Gasteiger partial charge on any atom is -0.392 e. The first kappa shape index (κ1) is 16.9. The zero-order valence-corrected chi connectivity index (χ0v) is 13.4. The maximum absolute atomic E-state index is 9.15. The van der Waals surface area contributed by atoms with Gasteiger partial charge in [0.25, 0.3) is 0 Å². The number of aliphatic hydroxyl groups excluding tert-OH is 1. The quantitative estimate of drug-likeness (QED) is 0.753. The number of aliphatic hydroxyl groups is 1. The molecule has 0 saturated carbocycles. The second-order valence-corrected chi connectivity index (χ2v) is 5.10. The van der Waals surface area contributed by atoms with Crippen LogP contribution in [0, 0.1) is 6.92 Å². The molecule has 0 aliphatic heterocycles. The van der Waals surface area contributed by atoms with Gasteiger partial charge in [0.15, 0.2) is 0 Å². The highest BCUT2D eigenvalue weighted by molar-refractivity contribution is 5.47. The van der Waals surface area contributed by atoms with E-state index in [1.807, 2.05) is 6.07 Å². The van der Waals surface area contributed by atoms with E-state index < -0.39 is 0 Å². The summed E-state index contributed by atoms with van der Waals surface area (Å²) in [7, 11) is 0. The van der Waals surface area contributed by atoms with Crippen LogP contribution in [0.1, 0.15) is 38.3 Å². The molecule has 1 N–H and O–H groups in total. The Morgan fingerprint density at radius 3 is 2.30 bits per heavy atom. The molecular formula is C16H29N3O. The SMILES string of the molecule is CCN(CC)CCCN(CC)c1ncc(CO)cc1C. The molecular weight excluding hydrogens is 250 g/mol. The van der Waals surface area contributed by atoms with Gasteiger partial charge in [-0.05, 0) is 57.1 Å². The van der Waals surface area contributed by atoms with Crippen molar-refractivity contribution in [1.29, 1.82) is 0 Å². The van der Waals surface area contributed by atoms with Gasteiger partial charge >= 0.3 is 0 Å². The van der Waals surface area contributed by atoms with Gasteiger partial charge in [0.1, 0.15) is 5.82 Å². The predicted molar refractivity (Wildman–Crippen MR) is 85.2 cm³/mol. The first-order valence-electron chi connectivity index (χ1n) is 7.69.